The molecule has 0 spiro atoms. The van der Waals surface area contributed by atoms with Gasteiger partial charge in [0, 0.05) is 35.9 Å². The highest BCUT2D eigenvalue weighted by atomic mass is 32.2. The Bertz CT molecular complexity index is 1570. The molecule has 1 aromatic heterocycles. The molecule has 2 atom stereocenters. The highest BCUT2D eigenvalue weighted by molar-refractivity contribution is 7.90. The second-order valence-corrected chi connectivity index (χ2v) is 11.2. The minimum atomic E-state index is -4.86. The zero-order valence-electron chi connectivity index (χ0n) is 19.8. The molecule has 1 aliphatic rings. The van der Waals surface area contributed by atoms with Crippen molar-refractivity contribution in [2.45, 2.75) is 23.6 Å². The first-order chi connectivity index (χ1) is 17.8. The number of rotatable bonds is 6. The van der Waals surface area contributed by atoms with Crippen molar-refractivity contribution in [3.63, 3.8) is 0 Å². The Balaban J connectivity index is 2.07. The molecule has 3 rings (SSSR count). The Kier molecular flexibility index (Phi) is 8.70. The Morgan fingerprint density at radius 3 is 2.32 bits per heavy atom. The second kappa shape index (κ2) is 11.6. The molecule has 16 heteroatoms. The number of hydrogen-bond acceptors (Lipinski definition) is 7. The largest absolute Gasteiger partial charge is 0.390 e. The van der Waals surface area contributed by atoms with Gasteiger partial charge in [-0.05, 0) is 23.3 Å². The summed E-state index contributed by atoms with van der Waals surface area (Å²) >= 11 is 0. The fourth-order valence-electron chi connectivity index (χ4n) is 3.59. The summed E-state index contributed by atoms with van der Waals surface area (Å²) < 4.78 is 67.4. The van der Waals surface area contributed by atoms with E-state index in [9.17, 15) is 25.9 Å². The SMILES string of the molecule is NC(N)=NC(N)=Nc1ccc(-c2cc[n+](CCO)cc2)c(C#CC2=CN[C@H](S(=O)(=O)O)[C@H](S(=O)(=O)O)C2)c1. The highest BCUT2D eigenvalue weighted by Crippen LogP contribution is 2.28. The molecular formula is C22H26N7O7S2+. The van der Waals surface area contributed by atoms with Gasteiger partial charge in [0.05, 0.1) is 5.69 Å². The van der Waals surface area contributed by atoms with Crippen LogP contribution in [0.4, 0.5) is 5.69 Å². The van der Waals surface area contributed by atoms with Gasteiger partial charge in [-0.1, -0.05) is 17.9 Å². The first-order valence-corrected chi connectivity index (χ1v) is 13.9. The summed E-state index contributed by atoms with van der Waals surface area (Å²) in [6.45, 7) is 0.377. The van der Waals surface area contributed by atoms with Gasteiger partial charge in [-0.25, -0.2) is 9.56 Å². The maximum Gasteiger partial charge on any atom is 0.287 e. The normalized spacial score (nSPS) is 18.0. The summed E-state index contributed by atoms with van der Waals surface area (Å²) in [4.78, 5) is 7.78. The minimum absolute atomic E-state index is 0.0310. The third-order valence-corrected chi connectivity index (χ3v) is 7.78. The van der Waals surface area contributed by atoms with Crippen LogP contribution in [0.15, 0.2) is 64.5 Å². The molecule has 0 saturated carbocycles. The van der Waals surface area contributed by atoms with Crippen LogP contribution in [-0.4, -0.2) is 60.2 Å². The Morgan fingerprint density at radius 2 is 1.74 bits per heavy atom. The molecule has 2 aromatic rings. The van der Waals surface area contributed by atoms with Crippen LogP contribution in [0.5, 0.6) is 0 Å². The van der Waals surface area contributed by atoms with E-state index in [2.05, 4.69) is 27.1 Å². The Labute approximate surface area is 219 Å². The molecule has 0 fully saturated rings. The van der Waals surface area contributed by atoms with Crippen molar-refractivity contribution in [2.75, 3.05) is 6.61 Å². The molecule has 38 heavy (non-hydrogen) atoms. The number of allylic oxidation sites excluding steroid dienone is 1. The van der Waals surface area contributed by atoms with Crippen molar-refractivity contribution in [3.05, 3.63) is 60.1 Å². The van der Waals surface area contributed by atoms with Crippen LogP contribution >= 0.6 is 0 Å². The molecule has 10 N–H and O–H groups in total. The quantitative estimate of drug-likeness (QED) is 0.0703. The molecule has 202 valence electrons. The van der Waals surface area contributed by atoms with Gasteiger partial charge in [0.15, 0.2) is 30.3 Å². The van der Waals surface area contributed by atoms with E-state index in [0.717, 1.165) is 11.8 Å². The summed E-state index contributed by atoms with van der Waals surface area (Å²) in [5.74, 6) is 5.21. The number of aliphatic hydroxyl groups is 1. The number of aliphatic imine (C=N–C) groups is 2. The zero-order chi connectivity index (χ0) is 28.1. The van der Waals surface area contributed by atoms with Crippen molar-refractivity contribution in [3.8, 4) is 23.0 Å². The average Bonchev–Trinajstić information content (AvgIpc) is 2.82. The van der Waals surface area contributed by atoms with E-state index >= 15 is 0 Å². The van der Waals surface area contributed by atoms with Crippen LogP contribution in [0.3, 0.4) is 0 Å². The van der Waals surface area contributed by atoms with Crippen LogP contribution in [0.2, 0.25) is 0 Å². The summed E-state index contributed by atoms with van der Waals surface area (Å²) in [6, 6.07) is 8.57. The number of pyridine rings is 1. The van der Waals surface area contributed by atoms with Gasteiger partial charge in [-0.3, -0.25) is 9.11 Å². The van der Waals surface area contributed by atoms with E-state index in [4.69, 9.17) is 22.3 Å². The van der Waals surface area contributed by atoms with Gasteiger partial charge < -0.3 is 27.6 Å². The van der Waals surface area contributed by atoms with Crippen LogP contribution in [0.25, 0.3) is 11.1 Å². The lowest BCUT2D eigenvalue weighted by Gasteiger charge is -2.26. The molecule has 2 heterocycles. The van der Waals surface area contributed by atoms with Crippen LogP contribution in [0.1, 0.15) is 12.0 Å². The number of nitrogens with two attached hydrogens (primary N) is 3. The van der Waals surface area contributed by atoms with Gasteiger partial charge in [0.2, 0.25) is 5.96 Å². The maximum absolute atomic E-state index is 11.8. The summed E-state index contributed by atoms with van der Waals surface area (Å²) in [5.41, 5.74) is 18.7. The maximum atomic E-state index is 11.8. The number of nitrogens with one attached hydrogen (secondary N) is 1. The number of hydrogen-bond donors (Lipinski definition) is 7. The second-order valence-electron chi connectivity index (χ2n) is 8.06. The molecular weight excluding hydrogens is 538 g/mol. The molecule has 0 amide bonds. The minimum Gasteiger partial charge on any atom is -0.390 e. The van der Waals surface area contributed by atoms with Crippen molar-refractivity contribution in [1.29, 1.82) is 0 Å². The summed E-state index contributed by atoms with van der Waals surface area (Å²) in [7, 11) is -9.70. The molecule has 0 unspecified atom stereocenters. The number of aromatic nitrogens is 1. The smallest absolute Gasteiger partial charge is 0.287 e. The Morgan fingerprint density at radius 1 is 1.05 bits per heavy atom. The first-order valence-electron chi connectivity index (χ1n) is 10.9. The van der Waals surface area contributed by atoms with E-state index in [-0.39, 0.29) is 24.1 Å². The molecule has 1 aliphatic heterocycles. The number of benzene rings is 1. The van der Waals surface area contributed by atoms with Crippen molar-refractivity contribution < 1.29 is 35.6 Å². The van der Waals surface area contributed by atoms with Crippen LogP contribution < -0.4 is 27.1 Å². The predicted octanol–water partition coefficient (Wildman–Crippen LogP) is -1.45. The molecule has 0 radical (unpaired) electrons. The van der Waals surface area contributed by atoms with Crippen molar-refractivity contribution >= 4 is 37.8 Å². The zero-order valence-corrected chi connectivity index (χ0v) is 21.4. The molecule has 1 aromatic carbocycles. The predicted molar refractivity (Wildman–Crippen MR) is 140 cm³/mol. The standard InChI is InChI=1S/C22H25N7O7S2/c23-21(24)28-22(25)27-17-3-4-18(15-5-7-29(8-6-15)9-10-30)16(12-17)2-1-14-11-19(37(31,32)33)20(26-13-14)38(34,35)36/h3-8,12-13,19-20,30H,9-11H2,(H8,23,24,25,26,27,28,31,32,33,34,35,36)/p+1/t19-,20-/m1/s1. The van der Waals surface area contributed by atoms with Crippen molar-refractivity contribution in [1.82, 2.24) is 5.32 Å². The van der Waals surface area contributed by atoms with E-state index in [1.54, 1.807) is 47.3 Å². The molecule has 0 bridgehead atoms. The lowest BCUT2D eigenvalue weighted by Crippen LogP contribution is -2.49. The first kappa shape index (κ1) is 28.6. The van der Waals surface area contributed by atoms with Crippen LogP contribution in [-0.2, 0) is 26.8 Å². The van der Waals surface area contributed by atoms with Gasteiger partial charge in [-0.2, -0.15) is 21.8 Å². The Hall–Kier alpha value is -4.01. The lowest BCUT2D eigenvalue weighted by molar-refractivity contribution is -0.698. The number of aliphatic hydroxyl groups excluding tert-OH is 1. The topological polar surface area (TPSA) is 248 Å². The fraction of sp³-hybridized carbons (Fsp3) is 0.227. The van der Waals surface area contributed by atoms with E-state index in [0.29, 0.717) is 23.4 Å². The number of guanidine groups is 2. The number of nitrogens with zero attached hydrogens (tertiary/aromatic N) is 3. The van der Waals surface area contributed by atoms with E-state index in [1.165, 1.54) is 0 Å². The molecule has 14 nitrogen and oxygen atoms in total. The molecule has 0 aliphatic carbocycles. The van der Waals surface area contributed by atoms with Crippen LogP contribution in [0, 0.1) is 11.8 Å². The highest BCUT2D eigenvalue weighted by Gasteiger charge is 2.42. The monoisotopic (exact) mass is 564 g/mol. The summed E-state index contributed by atoms with van der Waals surface area (Å²) in [6.07, 6.45) is 4.23. The van der Waals surface area contributed by atoms with Gasteiger partial charge >= 0.3 is 0 Å². The molecule has 0 saturated heterocycles. The fourth-order valence-corrected chi connectivity index (χ4v) is 5.94. The van der Waals surface area contributed by atoms with Gasteiger partial charge in [0.25, 0.3) is 20.2 Å². The third kappa shape index (κ3) is 7.50. The van der Waals surface area contributed by atoms with Gasteiger partial charge in [0.1, 0.15) is 11.9 Å². The van der Waals surface area contributed by atoms with Crippen molar-refractivity contribution in [2.24, 2.45) is 27.2 Å². The summed E-state index contributed by atoms with van der Waals surface area (Å²) in [5, 5.41) is 7.58. The van der Waals surface area contributed by atoms with E-state index in [1.807, 2.05) is 0 Å². The average molecular weight is 565 g/mol. The third-order valence-electron chi connectivity index (χ3n) is 5.29. The van der Waals surface area contributed by atoms with E-state index < -0.39 is 37.3 Å². The lowest BCUT2D eigenvalue weighted by atomic mass is 9.99. The van der Waals surface area contributed by atoms with Gasteiger partial charge in [-0.15, -0.1) is 0 Å².